The first kappa shape index (κ1) is 10.4. The Bertz CT molecular complexity index is 461. The number of hydrogen-bond acceptors (Lipinski definition) is 3. The lowest BCUT2D eigenvalue weighted by molar-refractivity contribution is -0.131. The maximum absolute atomic E-state index is 12.4. The zero-order chi connectivity index (χ0) is 11.8. The van der Waals surface area contributed by atoms with Crippen LogP contribution >= 0.6 is 0 Å². The lowest BCUT2D eigenvalue weighted by atomic mass is 9.81. The summed E-state index contributed by atoms with van der Waals surface area (Å²) in [5.41, 5.74) is 2.08. The van der Waals surface area contributed by atoms with Gasteiger partial charge in [-0.2, -0.15) is 0 Å². The van der Waals surface area contributed by atoms with Gasteiger partial charge in [-0.25, -0.2) is 0 Å². The van der Waals surface area contributed by atoms with E-state index in [2.05, 4.69) is 16.6 Å². The summed E-state index contributed by atoms with van der Waals surface area (Å²) >= 11 is 0. The topological polar surface area (TPSA) is 45.0 Å². The minimum atomic E-state index is 0.0281. The van der Waals surface area contributed by atoms with Crippen molar-refractivity contribution in [2.45, 2.75) is 25.3 Å². The summed E-state index contributed by atoms with van der Waals surface area (Å²) in [4.78, 5) is 22.6. The van der Waals surface area contributed by atoms with Crippen LogP contribution < -0.4 is 0 Å². The Labute approximate surface area is 100 Å². The summed E-state index contributed by atoms with van der Waals surface area (Å²) in [6.45, 7) is 4.66. The molecule has 1 aliphatic carbocycles. The number of allylic oxidation sites excluding steroid dienone is 1. The van der Waals surface area contributed by atoms with Gasteiger partial charge in [0, 0.05) is 6.21 Å². The number of nitrogens with zero attached hydrogens (tertiary/aromatic N) is 3. The molecule has 3 aliphatic rings. The minimum absolute atomic E-state index is 0.0281. The number of fused-ring (bicyclic) bond motifs is 1. The van der Waals surface area contributed by atoms with Gasteiger partial charge in [0.2, 0.25) is 5.91 Å². The Hall–Kier alpha value is -1.71. The lowest BCUT2D eigenvalue weighted by Crippen LogP contribution is -2.45. The van der Waals surface area contributed by atoms with Crippen molar-refractivity contribution in [3.8, 4) is 0 Å². The molecular formula is C13H15N3O. The highest BCUT2D eigenvalue weighted by atomic mass is 16.2. The van der Waals surface area contributed by atoms with Gasteiger partial charge in [-0.15, -0.1) is 0 Å². The lowest BCUT2D eigenvalue weighted by Gasteiger charge is -2.35. The van der Waals surface area contributed by atoms with E-state index in [0.29, 0.717) is 6.54 Å². The SMILES string of the molecule is C=C1CCC2C(=O)N(C3=CCN=C3)C=NC2C1. The molecule has 2 atom stereocenters. The molecule has 0 aromatic carbocycles. The minimum Gasteiger partial charge on any atom is -0.287 e. The van der Waals surface area contributed by atoms with Crippen molar-refractivity contribution < 1.29 is 4.79 Å². The van der Waals surface area contributed by atoms with Crippen LogP contribution in [0.5, 0.6) is 0 Å². The Kier molecular flexibility index (Phi) is 2.42. The number of rotatable bonds is 1. The van der Waals surface area contributed by atoms with E-state index in [4.69, 9.17) is 0 Å². The predicted molar refractivity (Wildman–Crippen MR) is 67.0 cm³/mol. The summed E-state index contributed by atoms with van der Waals surface area (Å²) in [5, 5.41) is 0. The molecule has 0 spiro atoms. The summed E-state index contributed by atoms with van der Waals surface area (Å²) in [6.07, 6.45) is 8.03. The molecule has 0 aromatic heterocycles. The summed E-state index contributed by atoms with van der Waals surface area (Å²) in [7, 11) is 0. The fraction of sp³-hybridized carbons (Fsp3) is 0.462. The molecule has 1 fully saturated rings. The van der Waals surface area contributed by atoms with Gasteiger partial charge >= 0.3 is 0 Å². The molecule has 2 aliphatic heterocycles. The van der Waals surface area contributed by atoms with Gasteiger partial charge in [0.1, 0.15) is 0 Å². The molecule has 3 rings (SSSR count). The second kappa shape index (κ2) is 3.95. The van der Waals surface area contributed by atoms with Gasteiger partial charge in [0.25, 0.3) is 0 Å². The third-order valence-electron chi connectivity index (χ3n) is 3.61. The van der Waals surface area contributed by atoms with Crippen molar-refractivity contribution in [1.29, 1.82) is 0 Å². The highest BCUT2D eigenvalue weighted by Crippen LogP contribution is 2.33. The van der Waals surface area contributed by atoms with Crippen molar-refractivity contribution in [2.75, 3.05) is 6.54 Å². The second-order valence-electron chi connectivity index (χ2n) is 4.76. The Morgan fingerprint density at radius 3 is 3.12 bits per heavy atom. The van der Waals surface area contributed by atoms with Crippen molar-refractivity contribution in [3.63, 3.8) is 0 Å². The smallest absolute Gasteiger partial charge is 0.237 e. The summed E-state index contributed by atoms with van der Waals surface area (Å²) in [5.74, 6) is 0.192. The number of carbonyl (C=O) groups excluding carboxylic acids is 1. The van der Waals surface area contributed by atoms with Crippen molar-refractivity contribution in [3.05, 3.63) is 23.9 Å². The van der Waals surface area contributed by atoms with Crippen LogP contribution in [0.1, 0.15) is 19.3 Å². The number of hydrogen-bond donors (Lipinski definition) is 0. The molecule has 0 aromatic rings. The Morgan fingerprint density at radius 2 is 2.35 bits per heavy atom. The molecular weight excluding hydrogens is 214 g/mol. The number of amides is 1. The van der Waals surface area contributed by atoms with E-state index >= 15 is 0 Å². The molecule has 0 N–H and O–H groups in total. The molecule has 0 saturated heterocycles. The maximum Gasteiger partial charge on any atom is 0.237 e. The number of aliphatic imine (C=N–C) groups is 2. The van der Waals surface area contributed by atoms with Crippen LogP contribution in [0.15, 0.2) is 33.9 Å². The van der Waals surface area contributed by atoms with Crippen LogP contribution in [0.2, 0.25) is 0 Å². The third-order valence-corrected chi connectivity index (χ3v) is 3.61. The first-order valence-corrected chi connectivity index (χ1v) is 5.99. The van der Waals surface area contributed by atoms with E-state index in [1.807, 2.05) is 6.08 Å². The van der Waals surface area contributed by atoms with E-state index < -0.39 is 0 Å². The average molecular weight is 229 g/mol. The maximum atomic E-state index is 12.4. The largest absolute Gasteiger partial charge is 0.287 e. The quantitative estimate of drug-likeness (QED) is 0.629. The second-order valence-corrected chi connectivity index (χ2v) is 4.76. The third kappa shape index (κ3) is 1.73. The first-order valence-electron chi connectivity index (χ1n) is 5.99. The number of carbonyl (C=O) groups is 1. The van der Waals surface area contributed by atoms with Crippen LogP contribution in [0.25, 0.3) is 0 Å². The molecule has 17 heavy (non-hydrogen) atoms. The predicted octanol–water partition coefficient (Wildman–Crippen LogP) is 1.55. The van der Waals surface area contributed by atoms with Gasteiger partial charge in [-0.1, -0.05) is 12.2 Å². The Morgan fingerprint density at radius 1 is 1.47 bits per heavy atom. The molecule has 4 nitrogen and oxygen atoms in total. The fourth-order valence-electron chi connectivity index (χ4n) is 2.62. The molecule has 2 heterocycles. The van der Waals surface area contributed by atoms with Crippen LogP contribution in [0.3, 0.4) is 0 Å². The van der Waals surface area contributed by atoms with Gasteiger partial charge in [-0.05, 0) is 25.3 Å². The van der Waals surface area contributed by atoms with E-state index in [-0.39, 0.29) is 17.9 Å². The average Bonchev–Trinajstić information content (AvgIpc) is 2.82. The molecule has 0 bridgehead atoms. The van der Waals surface area contributed by atoms with Crippen LogP contribution in [-0.4, -0.2) is 35.9 Å². The molecule has 1 amide bonds. The Balaban J connectivity index is 1.86. The highest BCUT2D eigenvalue weighted by molar-refractivity contribution is 6.00. The summed E-state index contributed by atoms with van der Waals surface area (Å²) < 4.78 is 0. The van der Waals surface area contributed by atoms with Crippen LogP contribution in [-0.2, 0) is 4.79 Å². The molecule has 4 heteroatoms. The van der Waals surface area contributed by atoms with Gasteiger partial charge in [0.15, 0.2) is 0 Å². The molecule has 0 radical (unpaired) electrons. The van der Waals surface area contributed by atoms with Gasteiger partial charge < -0.3 is 0 Å². The molecule has 1 saturated carbocycles. The molecule has 2 unspecified atom stereocenters. The van der Waals surface area contributed by atoms with E-state index in [0.717, 1.165) is 25.0 Å². The van der Waals surface area contributed by atoms with E-state index in [1.165, 1.54) is 5.57 Å². The van der Waals surface area contributed by atoms with Crippen LogP contribution in [0, 0.1) is 5.92 Å². The standard InChI is InChI=1S/C13H15N3O/c1-9-2-3-11-12(6-9)15-8-16(13(11)17)10-4-5-14-7-10/h4,7-8,11-12H,1-3,5-6H2. The van der Waals surface area contributed by atoms with Crippen molar-refractivity contribution in [2.24, 2.45) is 15.9 Å². The van der Waals surface area contributed by atoms with E-state index in [1.54, 1.807) is 17.5 Å². The summed E-state index contributed by atoms with van der Waals surface area (Å²) in [6, 6.07) is 0.110. The zero-order valence-corrected chi connectivity index (χ0v) is 9.67. The molecule has 88 valence electrons. The van der Waals surface area contributed by atoms with Gasteiger partial charge in [-0.3, -0.25) is 19.7 Å². The van der Waals surface area contributed by atoms with Crippen molar-refractivity contribution in [1.82, 2.24) is 4.90 Å². The van der Waals surface area contributed by atoms with E-state index in [9.17, 15) is 4.79 Å². The highest BCUT2D eigenvalue weighted by Gasteiger charge is 2.38. The first-order chi connectivity index (χ1) is 8.25. The normalized spacial score (nSPS) is 31.8. The monoisotopic (exact) mass is 229 g/mol. The van der Waals surface area contributed by atoms with Crippen LogP contribution in [0.4, 0.5) is 0 Å². The van der Waals surface area contributed by atoms with Gasteiger partial charge in [0.05, 0.1) is 30.5 Å². The fourth-order valence-corrected chi connectivity index (χ4v) is 2.62. The zero-order valence-electron chi connectivity index (χ0n) is 9.67. The van der Waals surface area contributed by atoms with Crippen molar-refractivity contribution >= 4 is 18.5 Å².